The molecule has 0 spiro atoms. The Morgan fingerprint density at radius 2 is 1.67 bits per heavy atom. The van der Waals surface area contributed by atoms with E-state index in [1.54, 1.807) is 0 Å². The van der Waals surface area contributed by atoms with Crippen molar-refractivity contribution in [1.29, 1.82) is 0 Å². The molecule has 0 aliphatic rings. The third-order valence-corrected chi connectivity index (χ3v) is 1.64. The van der Waals surface area contributed by atoms with E-state index in [1.165, 1.54) is 19.9 Å². The van der Waals surface area contributed by atoms with Gasteiger partial charge in [0.25, 0.3) is 0 Å². The van der Waals surface area contributed by atoms with Crippen LogP contribution in [0.5, 0.6) is 0 Å². The summed E-state index contributed by atoms with van der Waals surface area (Å²) in [4.78, 5) is 0. The van der Waals surface area contributed by atoms with E-state index in [0.29, 0.717) is 5.56 Å². The third-order valence-electron chi connectivity index (χ3n) is 1.64. The van der Waals surface area contributed by atoms with Crippen molar-refractivity contribution in [2.45, 2.75) is 20.0 Å². The van der Waals surface area contributed by atoms with Crippen LogP contribution in [-0.4, -0.2) is 0 Å². The maximum Gasteiger partial charge on any atom is 2.00 e. The van der Waals surface area contributed by atoms with Crippen LogP contribution >= 0.6 is 0 Å². The Bertz CT molecular complexity index is 308. The van der Waals surface area contributed by atoms with Gasteiger partial charge in [-0.25, -0.2) is 4.39 Å². The average molecular weight is 390 g/mol. The Kier molecular flexibility index (Phi) is 6.41. The SMILES string of the molecule is Cc1[c-]c(F)c(C(F)(F)F)c(C)c1.[CH3-].[W+2]. The van der Waals surface area contributed by atoms with E-state index in [4.69, 9.17) is 0 Å². The molecule has 0 heterocycles. The Morgan fingerprint density at radius 3 is 2.00 bits per heavy atom. The van der Waals surface area contributed by atoms with Crippen LogP contribution in [-0.2, 0) is 27.2 Å². The molecule has 84 valence electrons. The van der Waals surface area contributed by atoms with Crippen LogP contribution in [0.1, 0.15) is 16.7 Å². The van der Waals surface area contributed by atoms with Crippen LogP contribution in [0.15, 0.2) is 6.07 Å². The van der Waals surface area contributed by atoms with E-state index in [1.807, 2.05) is 6.07 Å². The minimum Gasteiger partial charge on any atom is -0.358 e. The Labute approximate surface area is 101 Å². The fourth-order valence-electron chi connectivity index (χ4n) is 1.19. The molecule has 0 aromatic heterocycles. The number of hydrogen-bond donors (Lipinski definition) is 0. The minimum absolute atomic E-state index is 0. The smallest absolute Gasteiger partial charge is 0.358 e. The second-order valence-corrected chi connectivity index (χ2v) is 2.82. The van der Waals surface area contributed by atoms with Crippen molar-refractivity contribution in [1.82, 2.24) is 0 Å². The van der Waals surface area contributed by atoms with Crippen molar-refractivity contribution in [3.63, 3.8) is 0 Å². The van der Waals surface area contributed by atoms with Gasteiger partial charge in [-0.2, -0.15) is 24.8 Å². The normalized spacial score (nSPS) is 10.3. The van der Waals surface area contributed by atoms with Gasteiger partial charge in [-0.1, -0.05) is 13.8 Å². The molecule has 5 heteroatoms. The predicted octanol–water partition coefficient (Wildman–Crippen LogP) is 3.71. The van der Waals surface area contributed by atoms with E-state index < -0.39 is 17.6 Å². The molecule has 0 fully saturated rings. The second-order valence-electron chi connectivity index (χ2n) is 2.82. The summed E-state index contributed by atoms with van der Waals surface area (Å²) in [6, 6.07) is 3.26. The van der Waals surface area contributed by atoms with Gasteiger partial charge in [-0.15, -0.1) is 11.6 Å². The number of alkyl halides is 3. The average Bonchev–Trinajstić information content (AvgIpc) is 1.78. The van der Waals surface area contributed by atoms with E-state index in [9.17, 15) is 17.6 Å². The maximum atomic E-state index is 12.8. The minimum atomic E-state index is -4.64. The molecular formula is C10H10F4W. The number of aryl methyl sites for hydroxylation is 2. The monoisotopic (exact) mass is 390 g/mol. The van der Waals surface area contributed by atoms with Crippen LogP contribution in [0.2, 0.25) is 0 Å². The summed E-state index contributed by atoms with van der Waals surface area (Å²) in [6.07, 6.45) is -4.64. The van der Waals surface area contributed by atoms with Crippen LogP contribution in [0.4, 0.5) is 17.6 Å². The molecule has 0 bridgehead atoms. The predicted molar refractivity (Wildman–Crippen MR) is 46.1 cm³/mol. The van der Waals surface area contributed by atoms with Gasteiger partial charge in [-0.3, -0.25) is 0 Å². The molecule has 1 rings (SSSR count). The fraction of sp³-hybridized carbons (Fsp3) is 0.300. The summed E-state index contributed by atoms with van der Waals surface area (Å²) in [5.41, 5.74) is -0.970. The van der Waals surface area contributed by atoms with Crippen LogP contribution in [0.25, 0.3) is 0 Å². The molecule has 1 aromatic carbocycles. The van der Waals surface area contributed by atoms with E-state index in [0.717, 1.165) is 0 Å². The molecule has 0 saturated carbocycles. The molecule has 15 heavy (non-hydrogen) atoms. The molecule has 0 atom stereocenters. The number of rotatable bonds is 0. The molecule has 0 nitrogen and oxygen atoms in total. The molecule has 0 radical (unpaired) electrons. The zero-order valence-corrected chi connectivity index (χ0v) is 11.4. The Balaban J connectivity index is 0. The quantitative estimate of drug-likeness (QED) is 0.468. The van der Waals surface area contributed by atoms with Crippen molar-refractivity contribution in [3.05, 3.63) is 42.1 Å². The summed E-state index contributed by atoms with van der Waals surface area (Å²) in [5.74, 6) is -1.33. The van der Waals surface area contributed by atoms with Crippen LogP contribution < -0.4 is 0 Å². The van der Waals surface area contributed by atoms with E-state index in [2.05, 4.69) is 0 Å². The molecule has 0 amide bonds. The number of benzene rings is 1. The van der Waals surface area contributed by atoms with Gasteiger partial charge in [-0.05, 0) is 5.56 Å². The Hall–Kier alpha value is -0.372. The van der Waals surface area contributed by atoms with Gasteiger partial charge in [0.1, 0.15) is 0 Å². The van der Waals surface area contributed by atoms with Crippen molar-refractivity contribution in [3.8, 4) is 0 Å². The zero-order valence-electron chi connectivity index (χ0n) is 8.50. The van der Waals surface area contributed by atoms with Crippen molar-refractivity contribution >= 4 is 0 Å². The van der Waals surface area contributed by atoms with Crippen LogP contribution in [0.3, 0.4) is 0 Å². The van der Waals surface area contributed by atoms with Crippen molar-refractivity contribution < 1.29 is 38.6 Å². The Morgan fingerprint density at radius 1 is 1.20 bits per heavy atom. The van der Waals surface area contributed by atoms with E-state index >= 15 is 0 Å². The summed E-state index contributed by atoms with van der Waals surface area (Å²) >= 11 is 0. The first-order valence-corrected chi connectivity index (χ1v) is 3.58. The molecular weight excluding hydrogens is 380 g/mol. The molecule has 0 aliphatic carbocycles. The van der Waals surface area contributed by atoms with Gasteiger partial charge >= 0.3 is 27.2 Å². The van der Waals surface area contributed by atoms with Gasteiger partial charge in [0, 0.05) is 5.82 Å². The van der Waals surface area contributed by atoms with Crippen LogP contribution in [0, 0.1) is 33.2 Å². The number of hydrogen-bond acceptors (Lipinski definition) is 0. The van der Waals surface area contributed by atoms with E-state index in [-0.39, 0.29) is 34.1 Å². The van der Waals surface area contributed by atoms with Gasteiger partial charge in [0.05, 0.1) is 0 Å². The summed E-state index contributed by atoms with van der Waals surface area (Å²) in [7, 11) is 0. The zero-order chi connectivity index (χ0) is 10.2. The topological polar surface area (TPSA) is 0 Å². The second kappa shape index (κ2) is 5.64. The van der Waals surface area contributed by atoms with Crippen molar-refractivity contribution in [2.75, 3.05) is 0 Å². The largest absolute Gasteiger partial charge is 2.00 e. The standard InChI is InChI=1S/C9H7F4.CH3.W/c1-5-3-6(2)8(7(10)4-5)9(11,12)13;;/h3H,1-2H3;1H3;/q2*-1;+2. The fourth-order valence-corrected chi connectivity index (χ4v) is 1.19. The molecule has 1 aromatic rings. The molecule has 0 unspecified atom stereocenters. The number of halogens is 4. The van der Waals surface area contributed by atoms with Gasteiger partial charge in [0.2, 0.25) is 0 Å². The first-order valence-electron chi connectivity index (χ1n) is 3.58. The molecule has 0 aliphatic heterocycles. The van der Waals surface area contributed by atoms with Gasteiger partial charge < -0.3 is 7.43 Å². The first-order chi connectivity index (χ1) is 5.82. The first kappa shape index (κ1) is 17.0. The maximum absolute atomic E-state index is 12.8. The third kappa shape index (κ3) is 3.94. The summed E-state index contributed by atoms with van der Waals surface area (Å²) in [5, 5.41) is 0. The van der Waals surface area contributed by atoms with Gasteiger partial charge in [0.15, 0.2) is 0 Å². The molecule has 0 saturated heterocycles. The summed E-state index contributed by atoms with van der Waals surface area (Å²) < 4.78 is 49.4. The van der Waals surface area contributed by atoms with Crippen molar-refractivity contribution in [2.24, 2.45) is 0 Å². The summed E-state index contributed by atoms with van der Waals surface area (Å²) in [6.45, 7) is 2.73. The molecule has 0 N–H and O–H groups in total.